The Balaban J connectivity index is 1.67. The Morgan fingerprint density at radius 3 is 2.07 bits per heavy atom. The van der Waals surface area contributed by atoms with Crippen LogP contribution in [-0.4, -0.2) is 10.2 Å². The van der Waals surface area contributed by atoms with Gasteiger partial charge in [0.15, 0.2) is 4.32 Å². The van der Waals surface area contributed by atoms with Crippen molar-refractivity contribution in [2.45, 2.75) is 0 Å². The van der Waals surface area contributed by atoms with Gasteiger partial charge in [-0.15, -0.1) is 0 Å². The molecule has 29 heavy (non-hydrogen) atoms. The summed E-state index contributed by atoms with van der Waals surface area (Å²) < 4.78 is 13.7. The molecule has 1 fully saturated rings. The first-order valence-corrected chi connectivity index (χ1v) is 10.3. The second kappa shape index (κ2) is 7.10. The summed E-state index contributed by atoms with van der Waals surface area (Å²) in [6.45, 7) is 0. The Labute approximate surface area is 176 Å². The van der Waals surface area contributed by atoms with Crippen LogP contribution < -0.4 is 4.90 Å². The fraction of sp³-hybridized carbons (Fsp3) is 0. The first-order valence-electron chi connectivity index (χ1n) is 9.06. The van der Waals surface area contributed by atoms with Gasteiger partial charge in [0, 0.05) is 0 Å². The lowest BCUT2D eigenvalue weighted by Crippen LogP contribution is -2.27. The van der Waals surface area contributed by atoms with Crippen LogP contribution >= 0.6 is 24.0 Å². The van der Waals surface area contributed by atoms with E-state index < -0.39 is 0 Å². The molecule has 0 atom stereocenters. The van der Waals surface area contributed by atoms with Gasteiger partial charge in [0.05, 0.1) is 10.6 Å². The van der Waals surface area contributed by atoms with Crippen LogP contribution in [0, 0.1) is 5.82 Å². The van der Waals surface area contributed by atoms with Gasteiger partial charge in [-0.2, -0.15) is 0 Å². The number of halogens is 1. The molecular weight excluding hydrogens is 401 g/mol. The average molecular weight is 416 g/mol. The highest BCUT2D eigenvalue weighted by Crippen LogP contribution is 2.38. The summed E-state index contributed by atoms with van der Waals surface area (Å²) in [5.41, 5.74) is 1.57. The van der Waals surface area contributed by atoms with Gasteiger partial charge in [-0.3, -0.25) is 9.69 Å². The van der Waals surface area contributed by atoms with Gasteiger partial charge in [-0.1, -0.05) is 72.5 Å². The smallest absolute Gasteiger partial charge is 0.268 e. The summed E-state index contributed by atoms with van der Waals surface area (Å²) in [7, 11) is 0. The molecule has 1 amide bonds. The number of nitrogens with zero attached hydrogens (tertiary/aromatic N) is 1. The molecule has 4 aromatic carbocycles. The van der Waals surface area contributed by atoms with Crippen molar-refractivity contribution in [1.82, 2.24) is 0 Å². The lowest BCUT2D eigenvalue weighted by molar-refractivity contribution is -0.113. The quantitative estimate of drug-likeness (QED) is 0.211. The van der Waals surface area contributed by atoms with Crippen molar-refractivity contribution < 1.29 is 9.18 Å². The van der Waals surface area contributed by atoms with E-state index in [4.69, 9.17) is 12.2 Å². The van der Waals surface area contributed by atoms with Crippen LogP contribution in [0.25, 0.3) is 27.6 Å². The maximum Gasteiger partial charge on any atom is 0.270 e. The van der Waals surface area contributed by atoms with Gasteiger partial charge in [0.25, 0.3) is 5.91 Å². The normalized spacial score (nSPS) is 15.8. The first kappa shape index (κ1) is 18.0. The predicted molar refractivity (Wildman–Crippen MR) is 124 cm³/mol. The summed E-state index contributed by atoms with van der Waals surface area (Å²) >= 11 is 6.72. The molecule has 1 saturated heterocycles. The van der Waals surface area contributed by atoms with Crippen molar-refractivity contribution in [3.05, 3.63) is 95.1 Å². The monoisotopic (exact) mass is 415 g/mol. The molecule has 0 aliphatic carbocycles. The van der Waals surface area contributed by atoms with Crippen molar-refractivity contribution in [1.29, 1.82) is 0 Å². The molecule has 140 valence electrons. The molecule has 0 bridgehead atoms. The van der Waals surface area contributed by atoms with Crippen molar-refractivity contribution in [3.63, 3.8) is 0 Å². The summed E-state index contributed by atoms with van der Waals surface area (Å²) in [5, 5.41) is 4.40. The largest absolute Gasteiger partial charge is 0.270 e. The molecule has 5 heteroatoms. The lowest BCUT2D eigenvalue weighted by Gasteiger charge is -2.14. The van der Waals surface area contributed by atoms with E-state index >= 15 is 0 Å². The molecule has 2 nitrogen and oxygen atoms in total. The average Bonchev–Trinajstić information content (AvgIpc) is 3.01. The van der Waals surface area contributed by atoms with E-state index in [-0.39, 0.29) is 11.7 Å². The molecule has 5 rings (SSSR count). The molecule has 0 unspecified atom stereocenters. The SMILES string of the molecule is O=C1/C(=C/c2c3ccccc3cc3ccccc23)SC(=S)N1c1ccc(F)cc1. The topological polar surface area (TPSA) is 20.3 Å². The van der Waals surface area contributed by atoms with Crippen LogP contribution in [0.5, 0.6) is 0 Å². The Hall–Kier alpha value is -3.02. The minimum atomic E-state index is -0.350. The molecule has 4 aromatic rings. The van der Waals surface area contributed by atoms with E-state index in [1.165, 1.54) is 28.8 Å². The van der Waals surface area contributed by atoms with Crippen molar-refractivity contribution in [2.75, 3.05) is 4.90 Å². The Bertz CT molecular complexity index is 1270. The zero-order valence-corrected chi connectivity index (χ0v) is 16.8. The van der Waals surface area contributed by atoms with Crippen molar-refractivity contribution in [3.8, 4) is 0 Å². The van der Waals surface area contributed by atoms with Crippen LogP contribution in [0.1, 0.15) is 5.56 Å². The molecule has 0 radical (unpaired) electrons. The molecule has 1 aliphatic rings. The number of carbonyl (C=O) groups excluding carboxylic acids is 1. The van der Waals surface area contributed by atoms with Gasteiger partial charge in [0.2, 0.25) is 0 Å². The Kier molecular flexibility index (Phi) is 4.42. The number of benzene rings is 4. The molecule has 1 aliphatic heterocycles. The van der Waals surface area contributed by atoms with Gasteiger partial charge >= 0.3 is 0 Å². The minimum absolute atomic E-state index is 0.191. The number of amides is 1. The molecule has 0 aromatic heterocycles. The number of hydrogen-bond donors (Lipinski definition) is 0. The standard InChI is InChI=1S/C24H14FNOS2/c25-17-9-11-18(12-10-17)26-23(27)22(29-24(26)28)14-21-19-7-3-1-5-15(19)13-16-6-2-4-8-20(16)21/h1-14H/b22-14-. The van der Waals surface area contributed by atoms with Crippen molar-refractivity contribution >= 4 is 67.5 Å². The fourth-order valence-electron chi connectivity index (χ4n) is 3.62. The maximum atomic E-state index is 13.3. The summed E-state index contributed by atoms with van der Waals surface area (Å²) in [6, 6.07) is 24.2. The highest BCUT2D eigenvalue weighted by atomic mass is 32.2. The zero-order valence-electron chi connectivity index (χ0n) is 15.1. The molecule has 0 N–H and O–H groups in total. The second-order valence-corrected chi connectivity index (χ2v) is 8.40. The summed E-state index contributed by atoms with van der Waals surface area (Å²) in [6.07, 6.45) is 1.92. The van der Waals surface area contributed by atoms with Crippen LogP contribution in [0.3, 0.4) is 0 Å². The van der Waals surface area contributed by atoms with E-state index in [1.54, 1.807) is 12.1 Å². The number of thioether (sulfide) groups is 1. The Morgan fingerprint density at radius 2 is 1.45 bits per heavy atom. The van der Waals surface area contributed by atoms with Crippen LogP contribution in [0.4, 0.5) is 10.1 Å². The number of thiocarbonyl (C=S) groups is 1. The van der Waals surface area contributed by atoms with E-state index in [2.05, 4.69) is 30.3 Å². The maximum absolute atomic E-state index is 13.3. The van der Waals surface area contributed by atoms with Gasteiger partial charge in [0.1, 0.15) is 5.82 Å². The molecule has 0 saturated carbocycles. The van der Waals surface area contributed by atoms with Gasteiger partial charge in [-0.25, -0.2) is 4.39 Å². The summed E-state index contributed by atoms with van der Waals surface area (Å²) in [4.78, 5) is 15.1. The Morgan fingerprint density at radius 1 is 0.862 bits per heavy atom. The van der Waals surface area contributed by atoms with E-state index in [0.717, 1.165) is 27.1 Å². The van der Waals surface area contributed by atoms with E-state index in [1.807, 2.05) is 30.3 Å². The van der Waals surface area contributed by atoms with E-state index in [9.17, 15) is 9.18 Å². The number of carbonyl (C=O) groups is 1. The van der Waals surface area contributed by atoms with Crippen LogP contribution in [0.2, 0.25) is 0 Å². The minimum Gasteiger partial charge on any atom is -0.268 e. The first-order chi connectivity index (χ1) is 14.1. The molecule has 1 heterocycles. The van der Waals surface area contributed by atoms with Crippen LogP contribution in [-0.2, 0) is 4.79 Å². The third-order valence-corrected chi connectivity index (χ3v) is 6.27. The van der Waals surface area contributed by atoms with Crippen LogP contribution in [0.15, 0.2) is 83.8 Å². The zero-order chi connectivity index (χ0) is 20.0. The fourth-order valence-corrected chi connectivity index (χ4v) is 4.90. The third-order valence-electron chi connectivity index (χ3n) is 4.97. The van der Waals surface area contributed by atoms with Gasteiger partial charge < -0.3 is 0 Å². The lowest BCUT2D eigenvalue weighted by atomic mass is 9.96. The highest BCUT2D eigenvalue weighted by molar-refractivity contribution is 8.27. The number of anilines is 1. The molecular formula is C24H14FNOS2. The highest BCUT2D eigenvalue weighted by Gasteiger charge is 2.33. The van der Waals surface area contributed by atoms with Gasteiger partial charge in [-0.05, 0) is 63.5 Å². The predicted octanol–water partition coefficient (Wildman–Crippen LogP) is 6.54. The summed E-state index contributed by atoms with van der Waals surface area (Å²) in [5.74, 6) is -0.541. The number of hydrogen-bond acceptors (Lipinski definition) is 3. The third kappa shape index (κ3) is 3.12. The van der Waals surface area contributed by atoms with Crippen molar-refractivity contribution in [2.24, 2.45) is 0 Å². The second-order valence-electron chi connectivity index (χ2n) is 6.73. The van der Waals surface area contributed by atoms with E-state index in [0.29, 0.717) is 14.9 Å². The molecule has 0 spiro atoms. The number of rotatable bonds is 2. The number of fused-ring (bicyclic) bond motifs is 2.